The van der Waals surface area contributed by atoms with Crippen molar-refractivity contribution in [3.63, 3.8) is 0 Å². The highest BCUT2D eigenvalue weighted by molar-refractivity contribution is 7.07. The van der Waals surface area contributed by atoms with E-state index < -0.39 is 0 Å². The van der Waals surface area contributed by atoms with Gasteiger partial charge in [-0.3, -0.25) is 14.6 Å². The zero-order valence-corrected chi connectivity index (χ0v) is 19.5. The van der Waals surface area contributed by atoms with E-state index in [9.17, 15) is 9.59 Å². The third-order valence-corrected chi connectivity index (χ3v) is 5.92. The standard InChI is InChI=1S/C22H37N5O2S/c1-18(2)15-21(29)27-12-10-26(11-13-27)20(28)7-5-4-6-9-24-22(23-3)25-16-19-8-14-30-17-19/h8,14,17-18H,4-7,9-13,15-16H2,1-3H3,(H2,23,24,25). The van der Waals surface area contributed by atoms with Gasteiger partial charge in [-0.1, -0.05) is 20.3 Å². The fourth-order valence-corrected chi connectivity index (χ4v) is 4.09. The Morgan fingerprint density at radius 2 is 1.77 bits per heavy atom. The second-order valence-corrected chi connectivity index (χ2v) is 8.93. The second kappa shape index (κ2) is 13.3. The minimum absolute atomic E-state index is 0.212. The molecule has 0 saturated carbocycles. The van der Waals surface area contributed by atoms with Crippen molar-refractivity contribution in [2.24, 2.45) is 10.9 Å². The molecule has 168 valence electrons. The quantitative estimate of drug-likeness (QED) is 0.337. The predicted octanol–water partition coefficient (Wildman–Crippen LogP) is 2.69. The number of unbranched alkanes of at least 4 members (excludes halogenated alkanes) is 2. The van der Waals surface area contributed by atoms with Gasteiger partial charge in [0.2, 0.25) is 11.8 Å². The lowest BCUT2D eigenvalue weighted by molar-refractivity contribution is -0.140. The molecule has 0 radical (unpaired) electrons. The summed E-state index contributed by atoms with van der Waals surface area (Å²) in [6.07, 6.45) is 4.09. The maximum atomic E-state index is 12.4. The van der Waals surface area contributed by atoms with Crippen LogP contribution in [0.3, 0.4) is 0 Å². The number of hydrogen-bond donors (Lipinski definition) is 2. The van der Waals surface area contributed by atoms with E-state index >= 15 is 0 Å². The lowest BCUT2D eigenvalue weighted by Crippen LogP contribution is -2.50. The fourth-order valence-electron chi connectivity index (χ4n) is 3.43. The summed E-state index contributed by atoms with van der Waals surface area (Å²) >= 11 is 1.69. The Balaban J connectivity index is 1.52. The van der Waals surface area contributed by atoms with Crippen LogP contribution in [0.4, 0.5) is 0 Å². The number of thiophene rings is 1. The number of guanidine groups is 1. The lowest BCUT2D eigenvalue weighted by Gasteiger charge is -2.35. The van der Waals surface area contributed by atoms with Crippen molar-refractivity contribution < 1.29 is 9.59 Å². The molecule has 1 fully saturated rings. The molecule has 30 heavy (non-hydrogen) atoms. The molecule has 1 aliphatic rings. The maximum Gasteiger partial charge on any atom is 0.222 e. The minimum Gasteiger partial charge on any atom is -0.356 e. The van der Waals surface area contributed by atoms with Crippen LogP contribution in [0.15, 0.2) is 21.8 Å². The van der Waals surface area contributed by atoms with Crippen LogP contribution in [-0.2, 0) is 16.1 Å². The van der Waals surface area contributed by atoms with E-state index in [1.807, 2.05) is 9.80 Å². The van der Waals surface area contributed by atoms with E-state index in [1.165, 1.54) is 5.56 Å². The average molecular weight is 436 g/mol. The zero-order valence-electron chi connectivity index (χ0n) is 18.7. The van der Waals surface area contributed by atoms with Gasteiger partial charge in [0, 0.05) is 59.2 Å². The molecule has 2 N–H and O–H groups in total. The van der Waals surface area contributed by atoms with Gasteiger partial charge in [-0.2, -0.15) is 11.3 Å². The van der Waals surface area contributed by atoms with Gasteiger partial charge in [0.05, 0.1) is 0 Å². The number of nitrogens with one attached hydrogen (secondary N) is 2. The van der Waals surface area contributed by atoms with Gasteiger partial charge in [0.1, 0.15) is 0 Å². The maximum absolute atomic E-state index is 12.4. The Labute approximate surface area is 184 Å². The largest absolute Gasteiger partial charge is 0.356 e. The highest BCUT2D eigenvalue weighted by Crippen LogP contribution is 2.10. The first kappa shape index (κ1) is 24.2. The van der Waals surface area contributed by atoms with Crippen molar-refractivity contribution in [2.75, 3.05) is 39.8 Å². The Hall–Kier alpha value is -2.09. The van der Waals surface area contributed by atoms with Crippen molar-refractivity contribution in [1.29, 1.82) is 0 Å². The molecule has 8 heteroatoms. The van der Waals surface area contributed by atoms with Gasteiger partial charge in [0.25, 0.3) is 0 Å². The third-order valence-electron chi connectivity index (χ3n) is 5.19. The van der Waals surface area contributed by atoms with Gasteiger partial charge in [-0.05, 0) is 41.1 Å². The molecular weight excluding hydrogens is 398 g/mol. The summed E-state index contributed by atoms with van der Waals surface area (Å²) in [5.74, 6) is 1.61. The highest BCUT2D eigenvalue weighted by atomic mass is 32.1. The normalized spacial score (nSPS) is 14.9. The number of piperazine rings is 1. The number of hydrogen-bond acceptors (Lipinski definition) is 4. The number of carbonyl (C=O) groups excluding carboxylic acids is 2. The summed E-state index contributed by atoms with van der Waals surface area (Å²) in [4.78, 5) is 32.6. The summed E-state index contributed by atoms with van der Waals surface area (Å²) in [5.41, 5.74) is 1.26. The fraction of sp³-hybridized carbons (Fsp3) is 0.682. The molecule has 0 spiro atoms. The van der Waals surface area contributed by atoms with Crippen LogP contribution in [0.1, 0.15) is 51.5 Å². The van der Waals surface area contributed by atoms with E-state index in [4.69, 9.17) is 0 Å². The van der Waals surface area contributed by atoms with E-state index in [-0.39, 0.29) is 11.8 Å². The second-order valence-electron chi connectivity index (χ2n) is 8.15. The highest BCUT2D eigenvalue weighted by Gasteiger charge is 2.23. The first-order valence-corrected chi connectivity index (χ1v) is 11.9. The van der Waals surface area contributed by atoms with Crippen LogP contribution in [0, 0.1) is 5.92 Å². The Morgan fingerprint density at radius 3 is 2.37 bits per heavy atom. The molecule has 2 rings (SSSR count). The van der Waals surface area contributed by atoms with Crippen molar-refractivity contribution in [2.45, 2.75) is 52.5 Å². The van der Waals surface area contributed by atoms with E-state index in [2.05, 4.69) is 46.3 Å². The van der Waals surface area contributed by atoms with Crippen LogP contribution in [0.2, 0.25) is 0 Å². The van der Waals surface area contributed by atoms with Gasteiger partial charge in [0.15, 0.2) is 5.96 Å². The predicted molar refractivity (Wildman–Crippen MR) is 124 cm³/mol. The van der Waals surface area contributed by atoms with E-state index in [1.54, 1.807) is 18.4 Å². The van der Waals surface area contributed by atoms with Crippen molar-refractivity contribution in [3.8, 4) is 0 Å². The molecule has 2 amide bonds. The van der Waals surface area contributed by atoms with Crippen LogP contribution < -0.4 is 10.6 Å². The average Bonchev–Trinajstić information content (AvgIpc) is 3.25. The van der Waals surface area contributed by atoms with Crippen LogP contribution in [-0.4, -0.2) is 67.3 Å². The molecule has 0 atom stereocenters. The summed E-state index contributed by atoms with van der Waals surface area (Å²) in [6.45, 7) is 8.39. The van der Waals surface area contributed by atoms with E-state index in [0.717, 1.165) is 38.3 Å². The van der Waals surface area contributed by atoms with Crippen molar-refractivity contribution in [3.05, 3.63) is 22.4 Å². The zero-order chi connectivity index (χ0) is 21.8. The summed E-state index contributed by atoms with van der Waals surface area (Å²) in [5, 5.41) is 10.8. The number of nitrogens with zero attached hydrogens (tertiary/aromatic N) is 3. The summed E-state index contributed by atoms with van der Waals surface area (Å²) in [6, 6.07) is 2.10. The summed E-state index contributed by atoms with van der Waals surface area (Å²) in [7, 11) is 1.78. The SMILES string of the molecule is CN=C(NCCCCCC(=O)N1CCN(C(=O)CC(C)C)CC1)NCc1ccsc1. The molecule has 0 aromatic carbocycles. The number of aliphatic imine (C=N–C) groups is 1. The van der Waals surface area contributed by atoms with Crippen LogP contribution in [0.25, 0.3) is 0 Å². The smallest absolute Gasteiger partial charge is 0.222 e. The number of carbonyl (C=O) groups is 2. The van der Waals surface area contributed by atoms with Crippen LogP contribution >= 0.6 is 11.3 Å². The Bertz CT molecular complexity index is 667. The molecule has 1 saturated heterocycles. The Morgan fingerprint density at radius 1 is 1.07 bits per heavy atom. The van der Waals surface area contributed by atoms with Gasteiger partial charge in [-0.15, -0.1) is 0 Å². The first-order chi connectivity index (χ1) is 14.5. The molecule has 0 unspecified atom stereocenters. The molecule has 1 aromatic heterocycles. The van der Waals surface area contributed by atoms with Gasteiger partial charge >= 0.3 is 0 Å². The molecule has 2 heterocycles. The topological polar surface area (TPSA) is 77.0 Å². The molecular formula is C22H37N5O2S. The minimum atomic E-state index is 0.212. The molecule has 0 bridgehead atoms. The van der Waals surface area contributed by atoms with Crippen LogP contribution in [0.5, 0.6) is 0 Å². The van der Waals surface area contributed by atoms with E-state index in [0.29, 0.717) is 44.9 Å². The van der Waals surface area contributed by atoms with Gasteiger partial charge < -0.3 is 20.4 Å². The van der Waals surface area contributed by atoms with Crippen molar-refractivity contribution in [1.82, 2.24) is 20.4 Å². The third kappa shape index (κ3) is 8.73. The molecule has 7 nitrogen and oxygen atoms in total. The number of amides is 2. The molecule has 1 aliphatic heterocycles. The lowest BCUT2D eigenvalue weighted by atomic mass is 10.1. The molecule has 0 aliphatic carbocycles. The number of rotatable bonds is 10. The first-order valence-electron chi connectivity index (χ1n) is 11.0. The van der Waals surface area contributed by atoms with Crippen molar-refractivity contribution >= 4 is 29.1 Å². The molecule has 1 aromatic rings. The Kier molecular flexibility index (Phi) is 10.7. The van der Waals surface area contributed by atoms with Gasteiger partial charge in [-0.25, -0.2) is 0 Å². The monoisotopic (exact) mass is 435 g/mol. The summed E-state index contributed by atoms with van der Waals surface area (Å²) < 4.78 is 0.